The lowest BCUT2D eigenvalue weighted by Crippen LogP contribution is -2.43. The molecule has 0 saturated heterocycles. The first-order valence-electron chi connectivity index (χ1n) is 6.01. The molecule has 0 fully saturated rings. The average molecular weight is 297 g/mol. The van der Waals surface area contributed by atoms with Crippen LogP contribution < -0.4 is 10.6 Å². The molecule has 0 saturated carbocycles. The van der Waals surface area contributed by atoms with Crippen molar-refractivity contribution in [1.29, 1.82) is 0 Å². The molecule has 21 heavy (non-hydrogen) atoms. The number of aliphatic hydroxyl groups excluding tert-OH is 1. The van der Waals surface area contributed by atoms with Crippen LogP contribution >= 0.6 is 0 Å². The van der Waals surface area contributed by atoms with E-state index in [1.807, 2.05) is 0 Å². The van der Waals surface area contributed by atoms with Crippen molar-refractivity contribution >= 4 is 23.4 Å². The van der Waals surface area contributed by atoms with Gasteiger partial charge in [0.2, 0.25) is 0 Å². The number of carboxylic acids is 1. The van der Waals surface area contributed by atoms with Crippen LogP contribution in [0.25, 0.3) is 0 Å². The SMILES string of the molecule is Cc1cc([N+](=O)[O-])ccc1NC(=O)N[C@@H](CCO)C(=O)O. The van der Waals surface area contributed by atoms with E-state index in [1.54, 1.807) is 6.92 Å². The molecule has 1 rings (SSSR count). The zero-order valence-electron chi connectivity index (χ0n) is 11.2. The number of anilines is 1. The molecule has 4 N–H and O–H groups in total. The highest BCUT2D eigenvalue weighted by Crippen LogP contribution is 2.21. The highest BCUT2D eigenvalue weighted by atomic mass is 16.6. The van der Waals surface area contributed by atoms with Gasteiger partial charge in [0.15, 0.2) is 0 Å². The highest BCUT2D eigenvalue weighted by molar-refractivity contribution is 5.93. The molecule has 114 valence electrons. The number of carbonyl (C=O) groups excluding carboxylic acids is 1. The molecule has 0 aliphatic rings. The lowest BCUT2D eigenvalue weighted by molar-refractivity contribution is -0.384. The Bertz CT molecular complexity index is 560. The Morgan fingerprint density at radius 3 is 2.57 bits per heavy atom. The fourth-order valence-electron chi connectivity index (χ4n) is 1.60. The zero-order valence-corrected chi connectivity index (χ0v) is 11.2. The Kier molecular flexibility index (Phi) is 5.61. The van der Waals surface area contributed by atoms with E-state index < -0.39 is 23.0 Å². The number of carboxylic acid groups (broad SMARTS) is 1. The second kappa shape index (κ2) is 7.20. The number of nitro benzene ring substituents is 1. The van der Waals surface area contributed by atoms with Gasteiger partial charge in [-0.3, -0.25) is 10.1 Å². The number of hydrogen-bond acceptors (Lipinski definition) is 5. The summed E-state index contributed by atoms with van der Waals surface area (Å²) in [5.74, 6) is -1.26. The molecule has 0 heterocycles. The molecule has 0 radical (unpaired) electrons. The monoisotopic (exact) mass is 297 g/mol. The quantitative estimate of drug-likeness (QED) is 0.453. The predicted molar refractivity (Wildman–Crippen MR) is 73.1 cm³/mol. The second-order valence-corrected chi connectivity index (χ2v) is 4.26. The number of non-ortho nitro benzene ring substituents is 1. The molecule has 9 heteroatoms. The van der Waals surface area contributed by atoms with Gasteiger partial charge in [0.25, 0.3) is 5.69 Å². The van der Waals surface area contributed by atoms with Gasteiger partial charge in [0.1, 0.15) is 6.04 Å². The minimum absolute atomic E-state index is 0.109. The molecule has 1 aromatic carbocycles. The van der Waals surface area contributed by atoms with Gasteiger partial charge < -0.3 is 20.8 Å². The molecule has 0 aliphatic heterocycles. The summed E-state index contributed by atoms with van der Waals surface area (Å²) in [5, 5.41) is 32.7. The van der Waals surface area contributed by atoms with Crippen LogP contribution in [0, 0.1) is 17.0 Å². The summed E-state index contributed by atoms with van der Waals surface area (Å²) >= 11 is 0. The number of amides is 2. The maximum Gasteiger partial charge on any atom is 0.326 e. The molecule has 9 nitrogen and oxygen atoms in total. The number of nitro groups is 1. The Morgan fingerprint density at radius 2 is 2.10 bits per heavy atom. The Hall–Kier alpha value is -2.68. The molecule has 0 bridgehead atoms. The number of nitrogens with zero attached hydrogens (tertiary/aromatic N) is 1. The average Bonchev–Trinajstić information content (AvgIpc) is 2.40. The van der Waals surface area contributed by atoms with Crippen LogP contribution in [0.15, 0.2) is 18.2 Å². The molecule has 0 aromatic heterocycles. The summed E-state index contributed by atoms with van der Waals surface area (Å²) in [6.45, 7) is 1.19. The molecule has 0 unspecified atom stereocenters. The summed E-state index contributed by atoms with van der Waals surface area (Å²) in [5.41, 5.74) is 0.682. The van der Waals surface area contributed by atoms with Crippen molar-refractivity contribution in [1.82, 2.24) is 5.32 Å². The van der Waals surface area contributed by atoms with Crippen LogP contribution in [-0.2, 0) is 4.79 Å². The number of benzene rings is 1. The summed E-state index contributed by atoms with van der Waals surface area (Å²) in [4.78, 5) is 32.5. The fourth-order valence-corrected chi connectivity index (χ4v) is 1.60. The number of aryl methyl sites for hydroxylation is 1. The number of carbonyl (C=O) groups is 2. The van der Waals surface area contributed by atoms with Crippen molar-refractivity contribution < 1.29 is 24.7 Å². The number of aliphatic hydroxyl groups is 1. The van der Waals surface area contributed by atoms with Crippen molar-refractivity contribution in [3.05, 3.63) is 33.9 Å². The Morgan fingerprint density at radius 1 is 1.43 bits per heavy atom. The zero-order chi connectivity index (χ0) is 16.0. The van der Waals surface area contributed by atoms with Crippen LogP contribution in [0.4, 0.5) is 16.2 Å². The minimum atomic E-state index is -1.26. The maximum absolute atomic E-state index is 11.7. The molecule has 1 aromatic rings. The standard InChI is InChI=1S/C12H15N3O6/c1-7-6-8(15(20)21)2-3-9(7)13-12(19)14-10(4-5-16)11(17)18/h2-3,6,10,16H,4-5H2,1H3,(H,17,18)(H2,13,14,19)/t10-/m0/s1. The normalized spacial score (nSPS) is 11.5. The first-order chi connectivity index (χ1) is 9.85. The minimum Gasteiger partial charge on any atom is -0.480 e. The van der Waals surface area contributed by atoms with Gasteiger partial charge in [-0.15, -0.1) is 0 Å². The van der Waals surface area contributed by atoms with E-state index in [4.69, 9.17) is 10.2 Å². The maximum atomic E-state index is 11.7. The van der Waals surface area contributed by atoms with E-state index in [2.05, 4.69) is 10.6 Å². The smallest absolute Gasteiger partial charge is 0.326 e. The lowest BCUT2D eigenvalue weighted by atomic mass is 10.2. The topological polar surface area (TPSA) is 142 Å². The highest BCUT2D eigenvalue weighted by Gasteiger charge is 2.19. The number of rotatable bonds is 6. The second-order valence-electron chi connectivity index (χ2n) is 4.26. The van der Waals surface area contributed by atoms with Crippen molar-refractivity contribution in [2.24, 2.45) is 0 Å². The van der Waals surface area contributed by atoms with Crippen molar-refractivity contribution in [2.45, 2.75) is 19.4 Å². The Labute approximate surface area is 119 Å². The number of aliphatic carboxylic acids is 1. The van der Waals surface area contributed by atoms with E-state index in [1.165, 1.54) is 18.2 Å². The third kappa shape index (κ3) is 4.73. The molecule has 1 atom stereocenters. The summed E-state index contributed by atoms with van der Waals surface area (Å²) in [7, 11) is 0. The number of urea groups is 1. The summed E-state index contributed by atoms with van der Waals surface area (Å²) in [6.07, 6.45) is -0.123. The molecule has 0 spiro atoms. The van der Waals surface area contributed by atoms with Crippen LogP contribution in [0.5, 0.6) is 0 Å². The summed E-state index contributed by atoms with van der Waals surface area (Å²) < 4.78 is 0. The van der Waals surface area contributed by atoms with Gasteiger partial charge in [-0.1, -0.05) is 0 Å². The first kappa shape index (κ1) is 16.4. The summed E-state index contributed by atoms with van der Waals surface area (Å²) in [6, 6.07) is 1.89. The van der Waals surface area contributed by atoms with E-state index in [9.17, 15) is 19.7 Å². The lowest BCUT2D eigenvalue weighted by Gasteiger charge is -2.14. The molecule has 0 aliphatic carbocycles. The molecular formula is C12H15N3O6. The van der Waals surface area contributed by atoms with Gasteiger partial charge in [0.05, 0.1) is 4.92 Å². The van der Waals surface area contributed by atoms with E-state index in [0.29, 0.717) is 11.3 Å². The van der Waals surface area contributed by atoms with Gasteiger partial charge in [-0.05, 0) is 18.6 Å². The van der Waals surface area contributed by atoms with Crippen molar-refractivity contribution in [2.75, 3.05) is 11.9 Å². The van der Waals surface area contributed by atoms with Gasteiger partial charge in [0, 0.05) is 30.8 Å². The first-order valence-corrected chi connectivity index (χ1v) is 6.01. The number of hydrogen-bond donors (Lipinski definition) is 4. The van der Waals surface area contributed by atoms with Crippen LogP contribution in [-0.4, -0.2) is 39.8 Å². The number of nitrogens with one attached hydrogen (secondary N) is 2. The van der Waals surface area contributed by atoms with E-state index in [-0.39, 0.29) is 18.7 Å². The van der Waals surface area contributed by atoms with Gasteiger partial charge >= 0.3 is 12.0 Å². The van der Waals surface area contributed by atoms with Crippen LogP contribution in [0.1, 0.15) is 12.0 Å². The largest absolute Gasteiger partial charge is 0.480 e. The predicted octanol–water partition coefficient (Wildman–Crippen LogP) is 0.860. The van der Waals surface area contributed by atoms with Crippen LogP contribution in [0.2, 0.25) is 0 Å². The van der Waals surface area contributed by atoms with Crippen molar-refractivity contribution in [3.8, 4) is 0 Å². The Balaban J connectivity index is 2.74. The van der Waals surface area contributed by atoms with Crippen molar-refractivity contribution in [3.63, 3.8) is 0 Å². The molecular weight excluding hydrogens is 282 g/mol. The van der Waals surface area contributed by atoms with E-state index >= 15 is 0 Å². The van der Waals surface area contributed by atoms with Gasteiger partial charge in [-0.2, -0.15) is 0 Å². The van der Waals surface area contributed by atoms with Gasteiger partial charge in [-0.25, -0.2) is 9.59 Å². The van der Waals surface area contributed by atoms with E-state index in [0.717, 1.165) is 0 Å². The molecule has 2 amide bonds. The third-order valence-corrected chi connectivity index (χ3v) is 2.69. The third-order valence-electron chi connectivity index (χ3n) is 2.69. The fraction of sp³-hybridized carbons (Fsp3) is 0.333. The van der Waals surface area contributed by atoms with Crippen LogP contribution in [0.3, 0.4) is 0 Å².